The van der Waals surface area contributed by atoms with Gasteiger partial charge < -0.3 is 11.1 Å². The molecule has 0 heterocycles. The minimum absolute atomic E-state index is 0.0774. The molecule has 0 spiro atoms. The molecule has 3 heteroatoms. The molecule has 0 bridgehead atoms. The standard InChI is InChI=1S/C15H23BrN2/c1-11-5-6-13(16)14(8-11)18-15(10-17)7-3-4-12(2)9-15/h5-6,8,12,18H,3-4,7,9-10,17H2,1-2H3. The van der Waals surface area contributed by atoms with Crippen molar-refractivity contribution in [3.05, 3.63) is 28.2 Å². The van der Waals surface area contributed by atoms with Crippen LogP contribution in [0.5, 0.6) is 0 Å². The van der Waals surface area contributed by atoms with Gasteiger partial charge in [0.2, 0.25) is 0 Å². The summed E-state index contributed by atoms with van der Waals surface area (Å²) in [5, 5.41) is 3.71. The third-order valence-corrected chi connectivity index (χ3v) is 4.70. The molecule has 2 atom stereocenters. The number of aryl methyl sites for hydroxylation is 1. The lowest BCUT2D eigenvalue weighted by atomic mass is 9.76. The molecule has 1 aromatic carbocycles. The average Bonchev–Trinajstić information content (AvgIpc) is 2.34. The van der Waals surface area contributed by atoms with E-state index in [4.69, 9.17) is 5.73 Å². The maximum atomic E-state index is 6.06. The molecule has 0 aliphatic heterocycles. The summed E-state index contributed by atoms with van der Waals surface area (Å²) in [5.74, 6) is 0.762. The van der Waals surface area contributed by atoms with Crippen molar-refractivity contribution in [1.82, 2.24) is 0 Å². The Bertz CT molecular complexity index is 419. The van der Waals surface area contributed by atoms with Crippen LogP contribution in [0.1, 0.15) is 38.2 Å². The number of halogens is 1. The van der Waals surface area contributed by atoms with Gasteiger partial charge in [0, 0.05) is 22.2 Å². The zero-order valence-corrected chi connectivity index (χ0v) is 12.9. The summed E-state index contributed by atoms with van der Waals surface area (Å²) in [7, 11) is 0. The molecule has 0 radical (unpaired) electrons. The summed E-state index contributed by atoms with van der Waals surface area (Å²) in [4.78, 5) is 0. The number of hydrogen-bond acceptors (Lipinski definition) is 2. The largest absolute Gasteiger partial charge is 0.377 e. The maximum absolute atomic E-state index is 6.06. The van der Waals surface area contributed by atoms with Crippen molar-refractivity contribution in [2.45, 2.75) is 45.1 Å². The van der Waals surface area contributed by atoms with E-state index in [9.17, 15) is 0 Å². The van der Waals surface area contributed by atoms with Crippen LogP contribution in [0.25, 0.3) is 0 Å². The quantitative estimate of drug-likeness (QED) is 0.883. The molecule has 1 aliphatic rings. The Morgan fingerprint density at radius 1 is 1.50 bits per heavy atom. The molecule has 3 N–H and O–H groups in total. The van der Waals surface area contributed by atoms with Crippen molar-refractivity contribution in [3.8, 4) is 0 Å². The summed E-state index contributed by atoms with van der Waals surface area (Å²) in [5.41, 5.74) is 8.59. The van der Waals surface area contributed by atoms with Crippen LogP contribution in [0.4, 0.5) is 5.69 Å². The van der Waals surface area contributed by atoms with E-state index in [1.54, 1.807) is 0 Å². The van der Waals surface area contributed by atoms with Gasteiger partial charge in [0.25, 0.3) is 0 Å². The first-order chi connectivity index (χ1) is 8.54. The molecule has 0 saturated heterocycles. The van der Waals surface area contributed by atoms with Crippen LogP contribution in [-0.2, 0) is 0 Å². The normalized spacial score (nSPS) is 28.1. The molecule has 1 saturated carbocycles. The van der Waals surface area contributed by atoms with E-state index in [0.29, 0.717) is 6.54 Å². The summed E-state index contributed by atoms with van der Waals surface area (Å²) < 4.78 is 1.12. The van der Waals surface area contributed by atoms with E-state index in [1.165, 1.54) is 36.9 Å². The predicted octanol–water partition coefficient (Wildman–Crippen LogP) is 4.08. The van der Waals surface area contributed by atoms with Crippen LogP contribution in [0.15, 0.2) is 22.7 Å². The van der Waals surface area contributed by atoms with Gasteiger partial charge in [-0.2, -0.15) is 0 Å². The Balaban J connectivity index is 2.21. The van der Waals surface area contributed by atoms with E-state index in [2.05, 4.69) is 53.3 Å². The van der Waals surface area contributed by atoms with Gasteiger partial charge in [-0.1, -0.05) is 25.8 Å². The molecular weight excluding hydrogens is 288 g/mol. The summed E-state index contributed by atoms with van der Waals surface area (Å²) >= 11 is 3.62. The Kier molecular flexibility index (Phi) is 4.33. The average molecular weight is 311 g/mol. The topological polar surface area (TPSA) is 38.0 Å². The minimum atomic E-state index is 0.0774. The van der Waals surface area contributed by atoms with E-state index < -0.39 is 0 Å². The fraction of sp³-hybridized carbons (Fsp3) is 0.600. The summed E-state index contributed by atoms with van der Waals surface area (Å²) in [6, 6.07) is 6.42. The van der Waals surface area contributed by atoms with Crippen molar-refractivity contribution in [1.29, 1.82) is 0 Å². The number of anilines is 1. The molecule has 1 fully saturated rings. The Morgan fingerprint density at radius 2 is 2.28 bits per heavy atom. The molecule has 2 unspecified atom stereocenters. The predicted molar refractivity (Wildman–Crippen MR) is 81.9 cm³/mol. The maximum Gasteiger partial charge on any atom is 0.0498 e. The molecular formula is C15H23BrN2. The van der Waals surface area contributed by atoms with Crippen LogP contribution >= 0.6 is 15.9 Å². The molecule has 1 aromatic rings. The second kappa shape index (κ2) is 5.62. The van der Waals surface area contributed by atoms with Gasteiger partial charge in [-0.3, -0.25) is 0 Å². The second-order valence-electron chi connectivity index (χ2n) is 5.79. The fourth-order valence-corrected chi connectivity index (χ4v) is 3.38. The fourth-order valence-electron chi connectivity index (χ4n) is 3.03. The van der Waals surface area contributed by atoms with Gasteiger partial charge in [0.05, 0.1) is 0 Å². The number of hydrogen-bond donors (Lipinski definition) is 2. The van der Waals surface area contributed by atoms with Crippen molar-refractivity contribution in [2.75, 3.05) is 11.9 Å². The van der Waals surface area contributed by atoms with Crippen molar-refractivity contribution in [3.63, 3.8) is 0 Å². The summed E-state index contributed by atoms with van der Waals surface area (Å²) in [6.07, 6.45) is 4.95. The molecule has 0 amide bonds. The smallest absolute Gasteiger partial charge is 0.0498 e. The highest BCUT2D eigenvalue weighted by molar-refractivity contribution is 9.10. The lowest BCUT2D eigenvalue weighted by Crippen LogP contribution is -2.48. The van der Waals surface area contributed by atoms with Crippen LogP contribution in [-0.4, -0.2) is 12.1 Å². The van der Waals surface area contributed by atoms with Crippen molar-refractivity contribution >= 4 is 21.6 Å². The SMILES string of the molecule is Cc1ccc(Br)c(NC2(CN)CCCC(C)C2)c1. The van der Waals surface area contributed by atoms with E-state index in [0.717, 1.165) is 10.4 Å². The highest BCUT2D eigenvalue weighted by Gasteiger charge is 2.33. The van der Waals surface area contributed by atoms with E-state index >= 15 is 0 Å². The van der Waals surface area contributed by atoms with Crippen molar-refractivity contribution in [2.24, 2.45) is 11.7 Å². The van der Waals surface area contributed by atoms with Crippen LogP contribution < -0.4 is 11.1 Å². The Labute approximate surface area is 118 Å². The van der Waals surface area contributed by atoms with Gasteiger partial charge in [-0.05, 0) is 59.3 Å². The Morgan fingerprint density at radius 3 is 2.94 bits per heavy atom. The lowest BCUT2D eigenvalue weighted by molar-refractivity contribution is 0.264. The van der Waals surface area contributed by atoms with E-state index in [-0.39, 0.29) is 5.54 Å². The molecule has 2 rings (SSSR count). The minimum Gasteiger partial charge on any atom is -0.377 e. The van der Waals surface area contributed by atoms with Gasteiger partial charge in [0.15, 0.2) is 0 Å². The molecule has 2 nitrogen and oxygen atoms in total. The molecule has 18 heavy (non-hydrogen) atoms. The zero-order valence-electron chi connectivity index (χ0n) is 11.3. The highest BCUT2D eigenvalue weighted by Crippen LogP contribution is 2.36. The third kappa shape index (κ3) is 3.07. The number of rotatable bonds is 3. The zero-order chi connectivity index (χ0) is 13.2. The Hall–Kier alpha value is -0.540. The number of nitrogens with one attached hydrogen (secondary N) is 1. The van der Waals surface area contributed by atoms with Gasteiger partial charge in [-0.25, -0.2) is 0 Å². The van der Waals surface area contributed by atoms with Crippen LogP contribution in [0.2, 0.25) is 0 Å². The molecule has 100 valence electrons. The lowest BCUT2D eigenvalue weighted by Gasteiger charge is -2.41. The van der Waals surface area contributed by atoms with Crippen molar-refractivity contribution < 1.29 is 0 Å². The number of benzene rings is 1. The van der Waals surface area contributed by atoms with Gasteiger partial charge >= 0.3 is 0 Å². The van der Waals surface area contributed by atoms with Gasteiger partial charge in [0.1, 0.15) is 0 Å². The monoisotopic (exact) mass is 310 g/mol. The number of nitrogens with two attached hydrogens (primary N) is 1. The molecule has 1 aliphatic carbocycles. The molecule has 0 aromatic heterocycles. The second-order valence-corrected chi connectivity index (χ2v) is 6.65. The summed E-state index contributed by atoms with van der Waals surface area (Å²) in [6.45, 7) is 5.16. The first-order valence-electron chi connectivity index (χ1n) is 6.79. The van der Waals surface area contributed by atoms with E-state index in [1.807, 2.05) is 0 Å². The third-order valence-electron chi connectivity index (χ3n) is 4.00. The first kappa shape index (κ1) is 13.9. The van der Waals surface area contributed by atoms with Crippen LogP contribution in [0, 0.1) is 12.8 Å². The highest BCUT2D eigenvalue weighted by atomic mass is 79.9. The van der Waals surface area contributed by atoms with Gasteiger partial charge in [-0.15, -0.1) is 0 Å². The van der Waals surface area contributed by atoms with Crippen LogP contribution in [0.3, 0.4) is 0 Å². The first-order valence-corrected chi connectivity index (χ1v) is 7.58.